The van der Waals surface area contributed by atoms with Crippen molar-refractivity contribution < 1.29 is 9.53 Å². The number of nitrogens with one attached hydrogen (secondary N) is 1. The summed E-state index contributed by atoms with van der Waals surface area (Å²) >= 11 is 5.51. The first kappa shape index (κ1) is 12.2. The monoisotopic (exact) mass is 245 g/mol. The van der Waals surface area contributed by atoms with Gasteiger partial charge in [0, 0.05) is 12.6 Å². The maximum atomic E-state index is 11.3. The highest BCUT2D eigenvalue weighted by Gasteiger charge is 2.38. The first-order valence-corrected chi connectivity index (χ1v) is 6.77. The number of ether oxygens (including phenoxy) is 1. The molecule has 0 bridgehead atoms. The fourth-order valence-electron chi connectivity index (χ4n) is 2.96. The zero-order chi connectivity index (χ0) is 11.4. The Bertz CT molecular complexity index is 246. The molecule has 2 fully saturated rings. The van der Waals surface area contributed by atoms with Gasteiger partial charge in [-0.3, -0.25) is 4.79 Å². The normalized spacial score (nSPS) is 28.9. The van der Waals surface area contributed by atoms with Crippen molar-refractivity contribution in [2.45, 2.75) is 56.6 Å². The molecule has 1 amide bonds. The van der Waals surface area contributed by atoms with Crippen molar-refractivity contribution in [1.29, 1.82) is 0 Å². The van der Waals surface area contributed by atoms with Crippen LogP contribution in [0.25, 0.3) is 0 Å². The fourth-order valence-corrected chi connectivity index (χ4v) is 3.04. The second-order valence-electron chi connectivity index (χ2n) is 4.98. The van der Waals surface area contributed by atoms with Crippen LogP contribution in [0, 0.1) is 0 Å². The van der Waals surface area contributed by atoms with Gasteiger partial charge in [0.05, 0.1) is 5.60 Å². The molecule has 1 saturated heterocycles. The molecule has 0 aromatic rings. The molecule has 1 unspecified atom stereocenters. The number of carbonyl (C=O) groups is 1. The summed E-state index contributed by atoms with van der Waals surface area (Å²) in [5, 5.41) is 2.99. The van der Waals surface area contributed by atoms with Crippen LogP contribution >= 0.6 is 11.6 Å². The summed E-state index contributed by atoms with van der Waals surface area (Å²) in [5.41, 5.74) is 0.0563. The van der Waals surface area contributed by atoms with Gasteiger partial charge in [0.2, 0.25) is 5.91 Å². The minimum Gasteiger partial charge on any atom is -0.375 e. The van der Waals surface area contributed by atoms with Crippen LogP contribution in [-0.4, -0.2) is 30.0 Å². The lowest BCUT2D eigenvalue weighted by molar-refractivity contribution is -0.126. The molecule has 1 atom stereocenters. The molecule has 2 aliphatic rings. The van der Waals surface area contributed by atoms with Gasteiger partial charge in [-0.05, 0) is 25.7 Å². The number of hydrogen-bond acceptors (Lipinski definition) is 2. The number of rotatable bonds is 2. The maximum Gasteiger partial charge on any atom is 0.235 e. The maximum absolute atomic E-state index is 11.3. The van der Waals surface area contributed by atoms with Crippen LogP contribution in [0.4, 0.5) is 0 Å². The summed E-state index contributed by atoms with van der Waals surface area (Å²) in [6.07, 6.45) is 8.04. The van der Waals surface area contributed by atoms with Gasteiger partial charge >= 0.3 is 0 Å². The van der Waals surface area contributed by atoms with Crippen molar-refractivity contribution in [2.75, 3.05) is 12.5 Å². The highest BCUT2D eigenvalue weighted by atomic mass is 35.5. The second kappa shape index (κ2) is 5.37. The van der Waals surface area contributed by atoms with Crippen LogP contribution in [0.5, 0.6) is 0 Å². The van der Waals surface area contributed by atoms with Gasteiger partial charge in [0.15, 0.2) is 0 Å². The number of hydrogen-bond donors (Lipinski definition) is 1. The molecule has 4 heteroatoms. The van der Waals surface area contributed by atoms with E-state index in [0.29, 0.717) is 0 Å². The van der Waals surface area contributed by atoms with Crippen molar-refractivity contribution in [3.8, 4) is 0 Å². The topological polar surface area (TPSA) is 38.3 Å². The van der Waals surface area contributed by atoms with E-state index in [-0.39, 0.29) is 23.4 Å². The van der Waals surface area contributed by atoms with Gasteiger partial charge < -0.3 is 10.1 Å². The van der Waals surface area contributed by atoms with E-state index < -0.39 is 0 Å². The van der Waals surface area contributed by atoms with Crippen LogP contribution in [-0.2, 0) is 9.53 Å². The summed E-state index contributed by atoms with van der Waals surface area (Å²) in [5.74, 6) is 0.00388. The molecular formula is C12H20ClNO2. The van der Waals surface area contributed by atoms with Crippen LogP contribution in [0.2, 0.25) is 0 Å². The molecule has 0 radical (unpaired) electrons. The SMILES string of the molecule is O=C(CCl)NC1CCOC2(CCCCC2)C1. The van der Waals surface area contributed by atoms with Crippen LogP contribution < -0.4 is 5.32 Å². The first-order chi connectivity index (χ1) is 7.74. The number of halogens is 1. The summed E-state index contributed by atoms with van der Waals surface area (Å²) in [6.45, 7) is 0.771. The summed E-state index contributed by atoms with van der Waals surface area (Å²) in [7, 11) is 0. The minimum atomic E-state index is -0.0560. The van der Waals surface area contributed by atoms with Crippen molar-refractivity contribution >= 4 is 17.5 Å². The Labute approximate surface area is 102 Å². The van der Waals surface area contributed by atoms with Crippen LogP contribution in [0.1, 0.15) is 44.9 Å². The number of amides is 1. The van der Waals surface area contributed by atoms with Gasteiger partial charge in [0.25, 0.3) is 0 Å². The third-order valence-corrected chi connectivity index (χ3v) is 3.99. The zero-order valence-electron chi connectivity index (χ0n) is 9.64. The molecule has 3 nitrogen and oxygen atoms in total. The summed E-state index contributed by atoms with van der Waals surface area (Å²) in [4.78, 5) is 11.3. The molecule has 1 N–H and O–H groups in total. The van der Waals surface area contributed by atoms with E-state index in [2.05, 4.69) is 5.32 Å². The van der Waals surface area contributed by atoms with Crippen molar-refractivity contribution in [3.63, 3.8) is 0 Å². The standard InChI is InChI=1S/C12H20ClNO2/c13-9-11(15)14-10-4-7-16-12(8-10)5-2-1-3-6-12/h10H,1-9H2,(H,14,15). The number of alkyl halides is 1. The number of carbonyl (C=O) groups excluding carboxylic acids is 1. The first-order valence-electron chi connectivity index (χ1n) is 6.23. The molecule has 1 spiro atoms. The third-order valence-electron chi connectivity index (χ3n) is 3.74. The Hall–Kier alpha value is -0.280. The summed E-state index contributed by atoms with van der Waals surface area (Å²) < 4.78 is 5.97. The predicted octanol–water partition coefficient (Wildman–Crippen LogP) is 2.22. The van der Waals surface area contributed by atoms with E-state index in [9.17, 15) is 4.79 Å². The lowest BCUT2D eigenvalue weighted by Gasteiger charge is -2.43. The van der Waals surface area contributed by atoms with Gasteiger partial charge in [-0.2, -0.15) is 0 Å². The Morgan fingerprint density at radius 3 is 2.81 bits per heavy atom. The highest BCUT2D eigenvalue weighted by Crippen LogP contribution is 2.38. The molecule has 1 saturated carbocycles. The Morgan fingerprint density at radius 2 is 2.12 bits per heavy atom. The Kier molecular flexibility index (Phi) is 4.09. The van der Waals surface area contributed by atoms with E-state index in [0.717, 1.165) is 32.3 Å². The molecule has 1 aliphatic heterocycles. The van der Waals surface area contributed by atoms with Crippen LogP contribution in [0.3, 0.4) is 0 Å². The average Bonchev–Trinajstić information content (AvgIpc) is 2.30. The largest absolute Gasteiger partial charge is 0.375 e. The molecule has 2 rings (SSSR count). The van der Waals surface area contributed by atoms with E-state index in [4.69, 9.17) is 16.3 Å². The van der Waals surface area contributed by atoms with E-state index >= 15 is 0 Å². The van der Waals surface area contributed by atoms with E-state index in [1.165, 1.54) is 19.3 Å². The molecule has 0 aromatic heterocycles. The van der Waals surface area contributed by atoms with Gasteiger partial charge in [0.1, 0.15) is 5.88 Å². The Morgan fingerprint density at radius 1 is 1.38 bits per heavy atom. The van der Waals surface area contributed by atoms with Crippen molar-refractivity contribution in [1.82, 2.24) is 5.32 Å². The molecule has 16 heavy (non-hydrogen) atoms. The lowest BCUT2D eigenvalue weighted by atomic mass is 9.78. The highest BCUT2D eigenvalue weighted by molar-refractivity contribution is 6.27. The molecule has 0 aromatic carbocycles. The second-order valence-corrected chi connectivity index (χ2v) is 5.25. The van der Waals surface area contributed by atoms with Gasteiger partial charge in [-0.15, -0.1) is 11.6 Å². The average molecular weight is 246 g/mol. The zero-order valence-corrected chi connectivity index (χ0v) is 10.4. The fraction of sp³-hybridized carbons (Fsp3) is 0.917. The van der Waals surface area contributed by atoms with E-state index in [1.54, 1.807) is 0 Å². The van der Waals surface area contributed by atoms with Gasteiger partial charge in [-0.1, -0.05) is 19.3 Å². The summed E-state index contributed by atoms with van der Waals surface area (Å²) in [6, 6.07) is 0.262. The van der Waals surface area contributed by atoms with Crippen LogP contribution in [0.15, 0.2) is 0 Å². The van der Waals surface area contributed by atoms with Crippen molar-refractivity contribution in [3.05, 3.63) is 0 Å². The molecule has 1 aliphatic carbocycles. The minimum absolute atomic E-state index is 0.0560. The van der Waals surface area contributed by atoms with E-state index in [1.807, 2.05) is 0 Å². The lowest BCUT2D eigenvalue weighted by Crippen LogP contribution is -2.49. The molecule has 92 valence electrons. The predicted molar refractivity (Wildman–Crippen MR) is 63.7 cm³/mol. The quantitative estimate of drug-likeness (QED) is 0.758. The van der Waals surface area contributed by atoms with Crippen molar-refractivity contribution in [2.24, 2.45) is 0 Å². The Balaban J connectivity index is 1.90. The van der Waals surface area contributed by atoms with Gasteiger partial charge in [-0.25, -0.2) is 0 Å². The molecular weight excluding hydrogens is 226 g/mol. The molecule has 1 heterocycles. The smallest absolute Gasteiger partial charge is 0.235 e. The third kappa shape index (κ3) is 2.89.